The fraction of sp³-hybridized carbons (Fsp3) is 0. The van der Waals surface area contributed by atoms with Gasteiger partial charge in [-0.2, -0.15) is 0 Å². The molecule has 2 rings (SSSR count). The second-order valence-electron chi connectivity index (χ2n) is 4.44. The summed E-state index contributed by atoms with van der Waals surface area (Å²) in [5.74, 6) is -0.752. The highest BCUT2D eigenvalue weighted by molar-refractivity contribution is 6.33. The Bertz CT molecular complexity index is 792. The first-order chi connectivity index (χ1) is 10.8. The molecule has 118 valence electrons. The lowest BCUT2D eigenvalue weighted by atomic mass is 10.1. The van der Waals surface area contributed by atoms with Gasteiger partial charge in [-0.05, 0) is 18.2 Å². The third kappa shape index (κ3) is 3.71. The van der Waals surface area contributed by atoms with Crippen LogP contribution in [-0.4, -0.2) is 15.8 Å². The summed E-state index contributed by atoms with van der Waals surface area (Å²) < 4.78 is 0. The average molecular weight is 337 g/mol. The predicted molar refractivity (Wildman–Crippen MR) is 83.6 cm³/mol. The Morgan fingerprint density at radius 1 is 1.04 bits per heavy atom. The first-order valence-electron chi connectivity index (χ1n) is 6.08. The van der Waals surface area contributed by atoms with Crippen LogP contribution >= 0.6 is 11.6 Å². The Morgan fingerprint density at radius 3 is 2.09 bits per heavy atom. The topological polar surface area (TPSA) is 141 Å². The molecular weight excluding hydrogens is 328 g/mol. The number of non-ortho nitro benzene ring substituents is 2. The molecule has 0 saturated carbocycles. The number of carbonyl (C=O) groups is 1. The zero-order valence-electron chi connectivity index (χ0n) is 11.4. The van der Waals surface area contributed by atoms with E-state index < -0.39 is 27.1 Å². The Labute approximate surface area is 134 Å². The van der Waals surface area contributed by atoms with E-state index >= 15 is 0 Å². The molecule has 0 saturated heterocycles. The molecule has 0 bridgehead atoms. The molecule has 0 radical (unpaired) electrons. The minimum atomic E-state index is -0.816. The zero-order valence-corrected chi connectivity index (χ0v) is 12.1. The molecule has 1 amide bonds. The molecule has 0 heterocycles. The van der Waals surface area contributed by atoms with E-state index in [0.717, 1.165) is 18.2 Å². The molecule has 0 aromatic heterocycles. The molecule has 0 spiro atoms. The van der Waals surface area contributed by atoms with Gasteiger partial charge in [0, 0.05) is 17.8 Å². The maximum Gasteiger partial charge on any atom is 0.277 e. The molecule has 23 heavy (non-hydrogen) atoms. The number of benzene rings is 2. The summed E-state index contributed by atoms with van der Waals surface area (Å²) in [5, 5.41) is 24.3. The second-order valence-corrected chi connectivity index (χ2v) is 4.85. The summed E-state index contributed by atoms with van der Waals surface area (Å²) in [5.41, 5.74) is 4.82. The van der Waals surface area contributed by atoms with E-state index in [-0.39, 0.29) is 10.6 Å². The zero-order chi connectivity index (χ0) is 17.1. The molecule has 0 fully saturated rings. The van der Waals surface area contributed by atoms with Crippen molar-refractivity contribution < 1.29 is 14.6 Å². The van der Waals surface area contributed by atoms with Crippen molar-refractivity contribution in [1.82, 2.24) is 0 Å². The maximum absolute atomic E-state index is 12.1. The number of hydrogen-bond acceptors (Lipinski definition) is 6. The van der Waals surface area contributed by atoms with E-state index in [2.05, 4.69) is 5.32 Å². The van der Waals surface area contributed by atoms with Gasteiger partial charge in [-0.1, -0.05) is 11.6 Å². The van der Waals surface area contributed by atoms with E-state index in [1.807, 2.05) is 0 Å². The normalized spacial score (nSPS) is 10.1. The van der Waals surface area contributed by atoms with E-state index in [0.29, 0.717) is 11.4 Å². The van der Waals surface area contributed by atoms with Crippen molar-refractivity contribution in [1.29, 1.82) is 0 Å². The minimum Gasteiger partial charge on any atom is -0.398 e. The van der Waals surface area contributed by atoms with Crippen molar-refractivity contribution in [2.24, 2.45) is 0 Å². The molecule has 0 aliphatic carbocycles. The van der Waals surface area contributed by atoms with Gasteiger partial charge in [0.1, 0.15) is 0 Å². The predicted octanol–water partition coefficient (Wildman–Crippen LogP) is 2.99. The number of nitrogens with zero attached hydrogens (tertiary/aromatic N) is 2. The lowest BCUT2D eigenvalue weighted by molar-refractivity contribution is -0.394. The van der Waals surface area contributed by atoms with Crippen molar-refractivity contribution in [3.63, 3.8) is 0 Å². The second kappa shape index (κ2) is 6.28. The van der Waals surface area contributed by atoms with Crippen LogP contribution in [0.25, 0.3) is 0 Å². The first-order valence-corrected chi connectivity index (χ1v) is 6.46. The van der Waals surface area contributed by atoms with Gasteiger partial charge in [-0.25, -0.2) is 0 Å². The van der Waals surface area contributed by atoms with Gasteiger partial charge in [-0.3, -0.25) is 25.0 Å². The Morgan fingerprint density at radius 2 is 1.61 bits per heavy atom. The Hall–Kier alpha value is -3.20. The highest BCUT2D eigenvalue weighted by Gasteiger charge is 2.20. The molecule has 0 atom stereocenters. The lowest BCUT2D eigenvalue weighted by Gasteiger charge is -2.07. The van der Waals surface area contributed by atoms with Crippen molar-refractivity contribution in [2.75, 3.05) is 11.1 Å². The smallest absolute Gasteiger partial charge is 0.277 e. The van der Waals surface area contributed by atoms with Crippen molar-refractivity contribution in [2.45, 2.75) is 0 Å². The van der Waals surface area contributed by atoms with Crippen molar-refractivity contribution in [3.8, 4) is 0 Å². The summed E-state index contributed by atoms with van der Waals surface area (Å²) in [6, 6.07) is 7.00. The number of nitrogens with one attached hydrogen (secondary N) is 1. The molecule has 9 nitrogen and oxygen atoms in total. The van der Waals surface area contributed by atoms with Gasteiger partial charge in [0.25, 0.3) is 17.3 Å². The van der Waals surface area contributed by atoms with E-state index in [4.69, 9.17) is 17.3 Å². The van der Waals surface area contributed by atoms with Crippen LogP contribution in [0.1, 0.15) is 10.4 Å². The maximum atomic E-state index is 12.1. The van der Waals surface area contributed by atoms with Crippen LogP contribution in [0, 0.1) is 20.2 Å². The third-order valence-corrected chi connectivity index (χ3v) is 3.17. The molecular formula is C13H9ClN4O5. The summed E-state index contributed by atoms with van der Waals surface area (Å²) >= 11 is 5.82. The average Bonchev–Trinajstić information content (AvgIpc) is 2.50. The summed E-state index contributed by atoms with van der Waals surface area (Å²) in [4.78, 5) is 32.1. The van der Waals surface area contributed by atoms with E-state index in [1.54, 1.807) is 0 Å². The van der Waals surface area contributed by atoms with Crippen LogP contribution in [0.5, 0.6) is 0 Å². The van der Waals surface area contributed by atoms with Crippen LogP contribution in [0.4, 0.5) is 22.7 Å². The van der Waals surface area contributed by atoms with Gasteiger partial charge in [-0.15, -0.1) is 0 Å². The van der Waals surface area contributed by atoms with E-state index in [9.17, 15) is 25.0 Å². The van der Waals surface area contributed by atoms with Gasteiger partial charge in [0.15, 0.2) is 0 Å². The van der Waals surface area contributed by atoms with Crippen molar-refractivity contribution in [3.05, 3.63) is 67.2 Å². The summed E-state index contributed by atoms with van der Waals surface area (Å²) in [6.45, 7) is 0. The van der Waals surface area contributed by atoms with Crippen LogP contribution in [0.3, 0.4) is 0 Å². The lowest BCUT2D eigenvalue weighted by Crippen LogP contribution is -2.12. The number of nitro groups is 2. The highest BCUT2D eigenvalue weighted by Crippen LogP contribution is 2.25. The number of nitrogen functional groups attached to an aromatic ring is 1. The molecule has 2 aromatic carbocycles. The molecule has 10 heteroatoms. The summed E-state index contributed by atoms with van der Waals surface area (Å²) in [6.07, 6.45) is 0. The number of nitro benzene ring substituents is 2. The Kier molecular flexibility index (Phi) is 4.42. The number of halogens is 1. The van der Waals surface area contributed by atoms with E-state index in [1.165, 1.54) is 18.2 Å². The fourth-order valence-corrected chi connectivity index (χ4v) is 1.93. The SMILES string of the molecule is Nc1ccc(NC(=O)c2cc([N+](=O)[O-])cc([N+](=O)[O-])c2)cc1Cl. The molecule has 3 N–H and O–H groups in total. The largest absolute Gasteiger partial charge is 0.398 e. The van der Waals surface area contributed by atoms with Crippen LogP contribution < -0.4 is 11.1 Å². The van der Waals surface area contributed by atoms with Gasteiger partial charge in [0.05, 0.1) is 32.2 Å². The number of nitrogens with two attached hydrogens (primary N) is 1. The number of carbonyl (C=O) groups excluding carboxylic acids is 1. The quantitative estimate of drug-likeness (QED) is 0.499. The van der Waals surface area contributed by atoms with Gasteiger partial charge >= 0.3 is 0 Å². The number of hydrogen-bond donors (Lipinski definition) is 2. The molecule has 0 unspecified atom stereocenters. The Balaban J connectivity index is 2.36. The van der Waals surface area contributed by atoms with Crippen LogP contribution in [0.15, 0.2) is 36.4 Å². The monoisotopic (exact) mass is 336 g/mol. The number of amides is 1. The summed E-state index contributed by atoms with van der Waals surface area (Å²) in [7, 11) is 0. The van der Waals surface area contributed by atoms with Crippen LogP contribution in [0.2, 0.25) is 5.02 Å². The fourth-order valence-electron chi connectivity index (χ4n) is 1.75. The first kappa shape index (κ1) is 16.2. The molecule has 0 aliphatic heterocycles. The number of rotatable bonds is 4. The molecule has 0 aliphatic rings. The minimum absolute atomic E-state index is 0.216. The van der Waals surface area contributed by atoms with Crippen LogP contribution in [-0.2, 0) is 0 Å². The van der Waals surface area contributed by atoms with Crippen molar-refractivity contribution >= 4 is 40.3 Å². The highest BCUT2D eigenvalue weighted by atomic mass is 35.5. The third-order valence-electron chi connectivity index (χ3n) is 2.84. The van der Waals surface area contributed by atoms with Gasteiger partial charge in [0.2, 0.25) is 0 Å². The van der Waals surface area contributed by atoms with Gasteiger partial charge < -0.3 is 11.1 Å². The number of anilines is 2. The molecule has 2 aromatic rings. The standard InChI is InChI=1S/C13H9ClN4O5/c14-11-5-8(1-2-12(11)15)16-13(19)7-3-9(17(20)21)6-10(4-7)18(22)23/h1-6H,15H2,(H,16,19).